The zero-order valence-electron chi connectivity index (χ0n) is 11.6. The van der Waals surface area contributed by atoms with Crippen LogP contribution < -0.4 is 5.32 Å². The van der Waals surface area contributed by atoms with Gasteiger partial charge in [0.2, 0.25) is 5.91 Å². The summed E-state index contributed by atoms with van der Waals surface area (Å²) in [6, 6.07) is 7.13. The molecular formula is C14H17NO6. The van der Waals surface area contributed by atoms with E-state index in [1.165, 1.54) is 7.11 Å². The summed E-state index contributed by atoms with van der Waals surface area (Å²) in [5, 5.41) is 10.9. The lowest BCUT2D eigenvalue weighted by molar-refractivity contribution is -0.143. The number of carboxylic acid groups (broad SMARTS) is 1. The van der Waals surface area contributed by atoms with Gasteiger partial charge in [-0.05, 0) is 11.1 Å². The molecular weight excluding hydrogens is 278 g/mol. The van der Waals surface area contributed by atoms with Crippen LogP contribution in [0.1, 0.15) is 11.1 Å². The highest BCUT2D eigenvalue weighted by Gasteiger charge is 2.05. The molecule has 0 aliphatic rings. The number of hydrogen-bond donors (Lipinski definition) is 2. The van der Waals surface area contributed by atoms with Crippen LogP contribution >= 0.6 is 0 Å². The summed E-state index contributed by atoms with van der Waals surface area (Å²) < 4.78 is 9.22. The van der Waals surface area contributed by atoms with Gasteiger partial charge in [-0.1, -0.05) is 24.3 Å². The number of carboxylic acids is 1. The van der Waals surface area contributed by atoms with E-state index in [9.17, 15) is 14.4 Å². The predicted molar refractivity (Wildman–Crippen MR) is 72.5 cm³/mol. The number of esters is 1. The van der Waals surface area contributed by atoms with E-state index in [0.717, 1.165) is 11.1 Å². The summed E-state index contributed by atoms with van der Waals surface area (Å²) in [5.74, 6) is -1.83. The zero-order chi connectivity index (χ0) is 15.7. The summed E-state index contributed by atoms with van der Waals surface area (Å²) in [6.07, 6.45) is 0.201. The normalized spacial score (nSPS) is 9.95. The summed E-state index contributed by atoms with van der Waals surface area (Å²) in [5.41, 5.74) is 1.68. The maximum absolute atomic E-state index is 11.4. The highest BCUT2D eigenvalue weighted by molar-refractivity contribution is 5.77. The fourth-order valence-electron chi connectivity index (χ4n) is 1.50. The lowest BCUT2D eigenvalue weighted by Crippen LogP contribution is -2.28. The second kappa shape index (κ2) is 8.70. The average Bonchev–Trinajstić information content (AvgIpc) is 2.46. The van der Waals surface area contributed by atoms with Crippen LogP contribution in [0.15, 0.2) is 24.3 Å². The molecule has 0 aromatic heterocycles. The van der Waals surface area contributed by atoms with Gasteiger partial charge < -0.3 is 19.9 Å². The molecule has 2 N–H and O–H groups in total. The molecule has 0 radical (unpaired) electrons. The third-order valence-corrected chi connectivity index (χ3v) is 2.55. The van der Waals surface area contributed by atoms with Crippen LogP contribution in [0.3, 0.4) is 0 Å². The quantitative estimate of drug-likeness (QED) is 0.660. The molecule has 0 spiro atoms. The van der Waals surface area contributed by atoms with E-state index >= 15 is 0 Å². The van der Waals surface area contributed by atoms with Crippen LogP contribution in [0, 0.1) is 0 Å². The molecule has 0 saturated heterocycles. The lowest BCUT2D eigenvalue weighted by Gasteiger charge is -2.06. The number of carbonyl (C=O) groups is 3. The van der Waals surface area contributed by atoms with Crippen molar-refractivity contribution in [3.05, 3.63) is 35.4 Å². The zero-order valence-corrected chi connectivity index (χ0v) is 11.6. The van der Waals surface area contributed by atoms with Crippen molar-refractivity contribution in [3.63, 3.8) is 0 Å². The molecule has 7 heteroatoms. The molecule has 0 unspecified atom stereocenters. The van der Waals surface area contributed by atoms with E-state index in [0.29, 0.717) is 6.54 Å². The standard InChI is InChI=1S/C14H17NO6/c1-20-14(19)6-10-2-4-11(5-3-10)7-15-12(16)8-21-9-13(17)18/h2-5H,6-9H2,1H3,(H,15,16)(H,17,18). The Morgan fingerprint density at radius 1 is 1.10 bits per heavy atom. The minimum Gasteiger partial charge on any atom is -0.480 e. The Morgan fingerprint density at radius 3 is 2.29 bits per heavy atom. The van der Waals surface area contributed by atoms with Crippen molar-refractivity contribution < 1.29 is 29.0 Å². The molecule has 0 fully saturated rings. The largest absolute Gasteiger partial charge is 0.480 e. The van der Waals surface area contributed by atoms with Crippen molar-refractivity contribution in [1.82, 2.24) is 5.32 Å². The molecule has 0 saturated carbocycles. The van der Waals surface area contributed by atoms with E-state index in [1.807, 2.05) is 0 Å². The predicted octanol–water partition coefficient (Wildman–Crippen LogP) is 0.119. The molecule has 0 bridgehead atoms. The van der Waals surface area contributed by atoms with E-state index in [1.54, 1.807) is 24.3 Å². The van der Waals surface area contributed by atoms with Crippen LogP contribution in [0.4, 0.5) is 0 Å². The Morgan fingerprint density at radius 2 is 1.71 bits per heavy atom. The van der Waals surface area contributed by atoms with Crippen LogP contribution in [0.25, 0.3) is 0 Å². The molecule has 0 aliphatic carbocycles. The highest BCUT2D eigenvalue weighted by Crippen LogP contribution is 2.05. The van der Waals surface area contributed by atoms with Gasteiger partial charge in [-0.15, -0.1) is 0 Å². The molecule has 1 rings (SSSR count). The first-order valence-electron chi connectivity index (χ1n) is 6.22. The number of benzene rings is 1. The van der Waals surface area contributed by atoms with Gasteiger partial charge in [-0.3, -0.25) is 9.59 Å². The van der Waals surface area contributed by atoms with E-state index < -0.39 is 18.5 Å². The molecule has 1 aromatic rings. The minimum absolute atomic E-state index is 0.201. The molecule has 7 nitrogen and oxygen atoms in total. The van der Waals surface area contributed by atoms with E-state index in [2.05, 4.69) is 14.8 Å². The fraction of sp³-hybridized carbons (Fsp3) is 0.357. The third kappa shape index (κ3) is 7.07. The summed E-state index contributed by atoms with van der Waals surface area (Å²) in [6.45, 7) is -0.504. The van der Waals surface area contributed by atoms with Crippen molar-refractivity contribution in [2.75, 3.05) is 20.3 Å². The van der Waals surface area contributed by atoms with Gasteiger partial charge in [-0.25, -0.2) is 4.79 Å². The molecule has 21 heavy (non-hydrogen) atoms. The van der Waals surface area contributed by atoms with Crippen LogP contribution in [0.2, 0.25) is 0 Å². The Labute approximate surface area is 121 Å². The van der Waals surface area contributed by atoms with Crippen molar-refractivity contribution in [1.29, 1.82) is 0 Å². The number of nitrogens with one attached hydrogen (secondary N) is 1. The summed E-state index contributed by atoms with van der Waals surface area (Å²) in [7, 11) is 1.33. The van der Waals surface area contributed by atoms with Gasteiger partial charge in [-0.2, -0.15) is 0 Å². The van der Waals surface area contributed by atoms with Crippen molar-refractivity contribution in [3.8, 4) is 0 Å². The second-order valence-corrected chi connectivity index (χ2v) is 4.23. The van der Waals surface area contributed by atoms with Gasteiger partial charge >= 0.3 is 11.9 Å². The minimum atomic E-state index is -1.12. The fourth-order valence-corrected chi connectivity index (χ4v) is 1.50. The maximum Gasteiger partial charge on any atom is 0.329 e. The number of ether oxygens (including phenoxy) is 2. The number of hydrogen-bond acceptors (Lipinski definition) is 5. The van der Waals surface area contributed by atoms with Crippen molar-refractivity contribution in [2.24, 2.45) is 0 Å². The van der Waals surface area contributed by atoms with Crippen LogP contribution in [0.5, 0.6) is 0 Å². The SMILES string of the molecule is COC(=O)Cc1ccc(CNC(=O)COCC(=O)O)cc1. The number of aliphatic carboxylic acids is 1. The van der Waals surface area contributed by atoms with Crippen LogP contribution in [-0.4, -0.2) is 43.3 Å². The first-order chi connectivity index (χ1) is 10.0. The topological polar surface area (TPSA) is 102 Å². The smallest absolute Gasteiger partial charge is 0.329 e. The van der Waals surface area contributed by atoms with Gasteiger partial charge in [0.25, 0.3) is 0 Å². The van der Waals surface area contributed by atoms with Gasteiger partial charge in [0.05, 0.1) is 13.5 Å². The Bertz CT molecular complexity index is 497. The first-order valence-corrected chi connectivity index (χ1v) is 6.22. The molecule has 1 aromatic carbocycles. The number of rotatable bonds is 8. The van der Waals surface area contributed by atoms with Gasteiger partial charge in [0, 0.05) is 6.54 Å². The van der Waals surface area contributed by atoms with Crippen molar-refractivity contribution >= 4 is 17.8 Å². The van der Waals surface area contributed by atoms with Crippen molar-refractivity contribution in [2.45, 2.75) is 13.0 Å². The summed E-state index contributed by atoms with van der Waals surface area (Å²) in [4.78, 5) is 32.7. The maximum atomic E-state index is 11.4. The molecule has 0 heterocycles. The van der Waals surface area contributed by atoms with E-state index in [-0.39, 0.29) is 19.0 Å². The molecule has 1 amide bonds. The molecule has 0 aliphatic heterocycles. The van der Waals surface area contributed by atoms with Crippen LogP contribution in [-0.2, 0) is 36.8 Å². The van der Waals surface area contributed by atoms with Gasteiger partial charge in [0.15, 0.2) is 0 Å². The first kappa shape index (κ1) is 16.6. The highest BCUT2D eigenvalue weighted by atomic mass is 16.5. The van der Waals surface area contributed by atoms with E-state index in [4.69, 9.17) is 5.11 Å². The number of amides is 1. The lowest BCUT2D eigenvalue weighted by atomic mass is 10.1. The second-order valence-electron chi connectivity index (χ2n) is 4.23. The molecule has 114 valence electrons. The summed E-state index contributed by atoms with van der Waals surface area (Å²) >= 11 is 0. The Hall–Kier alpha value is -2.41. The Kier molecular flexibility index (Phi) is 6.90. The number of methoxy groups -OCH3 is 1. The third-order valence-electron chi connectivity index (χ3n) is 2.55. The molecule has 0 atom stereocenters. The monoisotopic (exact) mass is 295 g/mol. The Balaban J connectivity index is 2.33. The van der Waals surface area contributed by atoms with Gasteiger partial charge in [0.1, 0.15) is 13.2 Å². The average molecular weight is 295 g/mol. The number of carbonyl (C=O) groups excluding carboxylic acids is 2.